The van der Waals surface area contributed by atoms with Crippen molar-refractivity contribution in [1.82, 2.24) is 29.3 Å². The molecule has 0 amide bonds. The summed E-state index contributed by atoms with van der Waals surface area (Å²) in [7, 11) is -3.36. The van der Waals surface area contributed by atoms with Crippen LogP contribution in [0.3, 0.4) is 0 Å². The van der Waals surface area contributed by atoms with Crippen molar-refractivity contribution in [2.45, 2.75) is 35.6 Å². The Morgan fingerprint density at radius 1 is 1.41 bits per heavy atom. The first-order chi connectivity index (χ1) is 13.0. The van der Waals surface area contributed by atoms with Crippen molar-refractivity contribution in [3.63, 3.8) is 0 Å². The van der Waals surface area contributed by atoms with E-state index in [2.05, 4.69) is 47.5 Å². The van der Waals surface area contributed by atoms with Gasteiger partial charge in [-0.05, 0) is 25.8 Å². The van der Waals surface area contributed by atoms with Crippen LogP contribution < -0.4 is 4.72 Å². The van der Waals surface area contributed by atoms with Gasteiger partial charge >= 0.3 is 0 Å². The Labute approximate surface area is 170 Å². The molecule has 27 heavy (non-hydrogen) atoms. The number of aromatic amines is 1. The lowest BCUT2D eigenvalue weighted by atomic mass is 10.1. The SMILES string of the molecule is CCOCCS(=O)(=O)N[C@H]1C[C@@H](I)[C@@H](c2nnc3cnc4[nH]ccc4n23)C1. The molecule has 3 heterocycles. The summed E-state index contributed by atoms with van der Waals surface area (Å²) in [5, 5.41) is 8.66. The number of fused-ring (bicyclic) bond motifs is 3. The largest absolute Gasteiger partial charge is 0.381 e. The van der Waals surface area contributed by atoms with E-state index in [-0.39, 0.29) is 28.2 Å². The predicted octanol–water partition coefficient (Wildman–Crippen LogP) is 1.61. The summed E-state index contributed by atoms with van der Waals surface area (Å²) in [6.45, 7) is 2.57. The molecule has 9 nitrogen and oxygen atoms in total. The summed E-state index contributed by atoms with van der Waals surface area (Å²) >= 11 is 2.39. The number of nitrogens with zero attached hydrogens (tertiary/aromatic N) is 4. The Balaban J connectivity index is 1.56. The monoisotopic (exact) mass is 504 g/mol. The summed E-state index contributed by atoms with van der Waals surface area (Å²) in [6, 6.07) is 1.84. The minimum atomic E-state index is -3.36. The molecular weight excluding hydrogens is 483 g/mol. The van der Waals surface area contributed by atoms with Crippen LogP contribution in [0.4, 0.5) is 0 Å². The van der Waals surface area contributed by atoms with Crippen LogP contribution in [-0.2, 0) is 14.8 Å². The molecule has 1 fully saturated rings. The molecule has 4 rings (SSSR count). The molecule has 0 saturated heterocycles. The van der Waals surface area contributed by atoms with Gasteiger partial charge in [-0.2, -0.15) is 0 Å². The highest BCUT2D eigenvalue weighted by molar-refractivity contribution is 14.1. The molecule has 2 N–H and O–H groups in total. The van der Waals surface area contributed by atoms with Crippen molar-refractivity contribution >= 4 is 49.4 Å². The van der Waals surface area contributed by atoms with E-state index in [0.29, 0.717) is 18.7 Å². The zero-order chi connectivity index (χ0) is 19.0. The summed E-state index contributed by atoms with van der Waals surface area (Å²) in [5.74, 6) is 0.949. The van der Waals surface area contributed by atoms with E-state index in [1.54, 1.807) is 6.20 Å². The lowest BCUT2D eigenvalue weighted by molar-refractivity contribution is 0.163. The van der Waals surface area contributed by atoms with E-state index in [1.807, 2.05) is 23.6 Å². The van der Waals surface area contributed by atoms with Crippen LogP contribution in [0, 0.1) is 0 Å². The fourth-order valence-electron chi connectivity index (χ4n) is 3.61. The average Bonchev–Trinajstić information content (AvgIpc) is 3.31. The number of halogens is 1. The van der Waals surface area contributed by atoms with Gasteiger partial charge in [-0.25, -0.2) is 18.1 Å². The average molecular weight is 504 g/mol. The molecule has 0 aromatic carbocycles. The third-order valence-corrected chi connectivity index (χ3v) is 7.60. The third kappa shape index (κ3) is 3.82. The topological polar surface area (TPSA) is 114 Å². The second-order valence-electron chi connectivity index (χ2n) is 6.65. The number of rotatable bonds is 7. The smallest absolute Gasteiger partial charge is 0.214 e. The highest BCUT2D eigenvalue weighted by Crippen LogP contribution is 2.39. The van der Waals surface area contributed by atoms with Crippen LogP contribution in [0.5, 0.6) is 0 Å². The van der Waals surface area contributed by atoms with E-state index in [4.69, 9.17) is 4.74 Å². The maximum absolute atomic E-state index is 12.3. The fraction of sp³-hybridized carbons (Fsp3) is 0.562. The Hall–Kier alpha value is -1.31. The van der Waals surface area contributed by atoms with Gasteiger partial charge in [0.05, 0.1) is 24.1 Å². The molecule has 3 atom stereocenters. The molecule has 0 aliphatic heterocycles. The number of aromatic nitrogens is 5. The van der Waals surface area contributed by atoms with Crippen molar-refractivity contribution in [3.8, 4) is 0 Å². The first kappa shape index (κ1) is 19.0. The first-order valence-corrected chi connectivity index (χ1v) is 11.8. The summed E-state index contributed by atoms with van der Waals surface area (Å²) < 4.78 is 34.8. The van der Waals surface area contributed by atoms with Gasteiger partial charge in [0.1, 0.15) is 5.82 Å². The highest BCUT2D eigenvalue weighted by atomic mass is 127. The summed E-state index contributed by atoms with van der Waals surface area (Å²) in [5.41, 5.74) is 2.40. The molecule has 11 heteroatoms. The Morgan fingerprint density at radius 2 is 2.26 bits per heavy atom. The second kappa shape index (κ2) is 7.60. The van der Waals surface area contributed by atoms with Crippen LogP contribution in [0.15, 0.2) is 18.5 Å². The molecule has 3 aromatic rings. The van der Waals surface area contributed by atoms with Crippen molar-refractivity contribution in [2.24, 2.45) is 0 Å². The number of hydrogen-bond acceptors (Lipinski definition) is 6. The van der Waals surface area contributed by atoms with Gasteiger partial charge in [-0.1, -0.05) is 22.6 Å². The van der Waals surface area contributed by atoms with Gasteiger partial charge < -0.3 is 9.72 Å². The molecule has 1 aliphatic carbocycles. The highest BCUT2D eigenvalue weighted by Gasteiger charge is 2.38. The minimum absolute atomic E-state index is 0.0164. The quantitative estimate of drug-likeness (QED) is 0.287. The number of hydrogen-bond donors (Lipinski definition) is 2. The molecule has 146 valence electrons. The number of sulfonamides is 1. The molecule has 1 aliphatic rings. The van der Waals surface area contributed by atoms with Gasteiger partial charge in [0, 0.05) is 28.7 Å². The number of nitrogens with one attached hydrogen (secondary N) is 2. The molecule has 0 bridgehead atoms. The van der Waals surface area contributed by atoms with Crippen LogP contribution in [0.25, 0.3) is 16.8 Å². The van der Waals surface area contributed by atoms with Crippen LogP contribution in [0.1, 0.15) is 31.5 Å². The van der Waals surface area contributed by atoms with Gasteiger partial charge in [0.15, 0.2) is 11.3 Å². The minimum Gasteiger partial charge on any atom is -0.381 e. The fourth-order valence-corrected chi connectivity index (χ4v) is 6.00. The normalized spacial score (nSPS) is 23.6. The first-order valence-electron chi connectivity index (χ1n) is 8.87. The lowest BCUT2D eigenvalue weighted by Crippen LogP contribution is -2.36. The molecular formula is C16H21IN6O3S. The van der Waals surface area contributed by atoms with Crippen LogP contribution in [-0.4, -0.2) is 61.9 Å². The van der Waals surface area contributed by atoms with Crippen molar-refractivity contribution in [3.05, 3.63) is 24.3 Å². The molecule has 0 unspecified atom stereocenters. The van der Waals surface area contributed by atoms with Gasteiger partial charge in [0.2, 0.25) is 10.0 Å². The molecule has 3 aromatic heterocycles. The van der Waals surface area contributed by atoms with Gasteiger partial charge in [0.25, 0.3) is 0 Å². The second-order valence-corrected chi connectivity index (χ2v) is 10.1. The maximum Gasteiger partial charge on any atom is 0.214 e. The lowest BCUT2D eigenvalue weighted by Gasteiger charge is -2.13. The van der Waals surface area contributed by atoms with Crippen molar-refractivity contribution < 1.29 is 13.2 Å². The molecule has 0 radical (unpaired) electrons. The van der Waals surface area contributed by atoms with Gasteiger partial charge in [-0.3, -0.25) is 4.40 Å². The molecule has 0 spiro atoms. The standard InChI is InChI=1S/C16H21IN6O3S/c1-2-26-5-6-27(24,25)22-10-7-11(12(17)8-10)16-21-20-14-9-19-15-13(23(14)16)3-4-18-15/h3-4,9-12,18,22H,2,5-8H2,1H3/t10-,11+,12-/m1/s1. The molecule has 1 saturated carbocycles. The van der Waals surface area contributed by atoms with Crippen molar-refractivity contribution in [1.29, 1.82) is 0 Å². The van der Waals surface area contributed by atoms with E-state index >= 15 is 0 Å². The van der Waals surface area contributed by atoms with E-state index in [0.717, 1.165) is 23.4 Å². The Morgan fingerprint density at radius 3 is 3.07 bits per heavy atom. The van der Waals surface area contributed by atoms with Crippen molar-refractivity contribution in [2.75, 3.05) is 19.0 Å². The maximum atomic E-state index is 12.3. The number of H-pyrrole nitrogens is 1. The third-order valence-electron chi connectivity index (χ3n) is 4.83. The Kier molecular flexibility index (Phi) is 5.36. The Bertz CT molecular complexity index is 1050. The van der Waals surface area contributed by atoms with E-state index in [9.17, 15) is 8.42 Å². The van der Waals surface area contributed by atoms with Crippen LogP contribution >= 0.6 is 22.6 Å². The van der Waals surface area contributed by atoms with Crippen LogP contribution in [0.2, 0.25) is 0 Å². The summed E-state index contributed by atoms with van der Waals surface area (Å²) in [4.78, 5) is 7.44. The van der Waals surface area contributed by atoms with E-state index in [1.165, 1.54) is 0 Å². The summed E-state index contributed by atoms with van der Waals surface area (Å²) in [6.07, 6.45) is 4.98. The van der Waals surface area contributed by atoms with Gasteiger partial charge in [-0.15, -0.1) is 10.2 Å². The number of ether oxygens (including phenoxy) is 1. The predicted molar refractivity (Wildman–Crippen MR) is 110 cm³/mol. The zero-order valence-corrected chi connectivity index (χ0v) is 17.8. The zero-order valence-electron chi connectivity index (χ0n) is 14.8. The van der Waals surface area contributed by atoms with E-state index < -0.39 is 10.0 Å². The number of alkyl halides is 1.